The molecule has 0 aliphatic carbocycles. The van der Waals surface area contributed by atoms with E-state index in [1.807, 2.05) is 54.5 Å². The van der Waals surface area contributed by atoms with Crippen molar-refractivity contribution in [3.63, 3.8) is 0 Å². The highest BCUT2D eigenvalue weighted by molar-refractivity contribution is 5.96. The van der Waals surface area contributed by atoms with Crippen LogP contribution in [-0.4, -0.2) is 95.7 Å². The number of fused-ring (bicyclic) bond motifs is 1. The van der Waals surface area contributed by atoms with Gasteiger partial charge in [-0.15, -0.1) is 0 Å². The molecule has 2 aromatic rings. The summed E-state index contributed by atoms with van der Waals surface area (Å²) in [5.74, 6) is 0.175. The highest BCUT2D eigenvalue weighted by Gasteiger charge is 2.41. The molecule has 2 fully saturated rings. The molecule has 3 atom stereocenters. The Morgan fingerprint density at radius 3 is 2.49 bits per heavy atom. The van der Waals surface area contributed by atoms with Crippen molar-refractivity contribution >= 4 is 23.4 Å². The van der Waals surface area contributed by atoms with Crippen LogP contribution in [0.1, 0.15) is 89.3 Å². The minimum atomic E-state index is -0.649. The Morgan fingerprint density at radius 1 is 1.04 bits per heavy atom. The number of likely N-dealkylation sites (tertiary alicyclic amines) is 1. The first kappa shape index (κ1) is 34.9. The normalized spacial score (nSPS) is 20.1. The topological polar surface area (TPSA) is 103 Å². The zero-order chi connectivity index (χ0) is 32.6. The number of morpholine rings is 1. The third-order valence-electron chi connectivity index (χ3n) is 8.94. The Bertz CT molecular complexity index is 1280. The first-order chi connectivity index (χ1) is 21.5. The molecule has 1 unspecified atom stereocenters. The maximum absolute atomic E-state index is 14.2. The summed E-state index contributed by atoms with van der Waals surface area (Å²) in [6.45, 7) is 13.6. The van der Waals surface area contributed by atoms with Gasteiger partial charge in [-0.05, 0) is 82.8 Å². The SMILES string of the molecule is COCCCCc1c(C(=O)CC(CCC(C)C)[C@H]2C[C@@H](C(=O)N3CCOCC3)CN(C(=O)OC(C)(C)C)C2)nc2ccccn12. The number of imidazole rings is 1. The van der Waals surface area contributed by atoms with Gasteiger partial charge in [-0.25, -0.2) is 9.78 Å². The maximum Gasteiger partial charge on any atom is 0.410 e. The molecule has 45 heavy (non-hydrogen) atoms. The summed E-state index contributed by atoms with van der Waals surface area (Å²) in [7, 11) is 1.70. The monoisotopic (exact) mass is 626 g/mol. The van der Waals surface area contributed by atoms with Crippen molar-refractivity contribution in [1.82, 2.24) is 19.2 Å². The summed E-state index contributed by atoms with van der Waals surface area (Å²) in [5.41, 5.74) is 1.60. The van der Waals surface area contributed by atoms with E-state index in [1.54, 1.807) is 12.0 Å². The minimum Gasteiger partial charge on any atom is -0.444 e. The largest absolute Gasteiger partial charge is 0.444 e. The predicted molar refractivity (Wildman–Crippen MR) is 173 cm³/mol. The second-order valence-corrected chi connectivity index (χ2v) is 14.2. The first-order valence-corrected chi connectivity index (χ1v) is 16.8. The van der Waals surface area contributed by atoms with Crippen LogP contribution in [0, 0.1) is 23.7 Å². The van der Waals surface area contributed by atoms with Crippen LogP contribution < -0.4 is 0 Å². The number of hydrogen-bond acceptors (Lipinski definition) is 7. The zero-order valence-electron chi connectivity index (χ0n) is 28.3. The fraction of sp³-hybridized carbons (Fsp3) is 0.714. The van der Waals surface area contributed by atoms with E-state index < -0.39 is 11.7 Å². The van der Waals surface area contributed by atoms with Gasteiger partial charge in [0.15, 0.2) is 5.78 Å². The molecule has 10 nitrogen and oxygen atoms in total. The molecule has 4 heterocycles. The van der Waals surface area contributed by atoms with Gasteiger partial charge in [0.25, 0.3) is 0 Å². The molecule has 250 valence electrons. The molecule has 0 radical (unpaired) electrons. The molecule has 2 saturated heterocycles. The lowest BCUT2D eigenvalue weighted by atomic mass is 9.75. The van der Waals surface area contributed by atoms with Gasteiger partial charge in [-0.1, -0.05) is 26.3 Å². The van der Waals surface area contributed by atoms with Crippen molar-refractivity contribution in [1.29, 1.82) is 0 Å². The number of pyridine rings is 1. The molecule has 0 bridgehead atoms. The number of carbonyl (C=O) groups is 3. The second kappa shape index (κ2) is 16.0. The van der Waals surface area contributed by atoms with Crippen LogP contribution in [-0.2, 0) is 25.4 Å². The molecule has 2 amide bonds. The van der Waals surface area contributed by atoms with Crippen molar-refractivity contribution in [2.75, 3.05) is 53.1 Å². The third kappa shape index (κ3) is 9.75. The van der Waals surface area contributed by atoms with Gasteiger partial charge < -0.3 is 28.4 Å². The highest BCUT2D eigenvalue weighted by Crippen LogP contribution is 2.36. The molecule has 2 aromatic heterocycles. The predicted octanol–water partition coefficient (Wildman–Crippen LogP) is 5.66. The minimum absolute atomic E-state index is 0.00344. The molecular weight excluding hydrogens is 572 g/mol. The van der Waals surface area contributed by atoms with Gasteiger partial charge in [-0.2, -0.15) is 0 Å². The van der Waals surface area contributed by atoms with Crippen LogP contribution in [0.15, 0.2) is 24.4 Å². The maximum atomic E-state index is 14.2. The lowest BCUT2D eigenvalue weighted by Gasteiger charge is -2.42. The quantitative estimate of drug-likeness (QED) is 0.209. The molecule has 0 spiro atoms. The van der Waals surface area contributed by atoms with Crippen LogP contribution in [0.2, 0.25) is 0 Å². The van der Waals surface area contributed by atoms with Crippen molar-refractivity contribution in [3.05, 3.63) is 35.8 Å². The van der Waals surface area contributed by atoms with Crippen molar-refractivity contribution in [2.24, 2.45) is 23.7 Å². The standard InChI is InChI=1S/C35H54N4O6/c1-25(2)13-14-26(22-30(40)32-29(11-8-10-18-43-6)39-15-9-7-12-31(39)36-32)27-21-28(33(41)37-16-19-44-20-17-37)24-38(23-27)34(42)45-35(3,4)5/h7,9,12,15,25-28H,8,10-11,13-14,16-24H2,1-6H3/t26?,27-,28+/m0/s1. The molecular formula is C35H54N4O6. The fourth-order valence-corrected chi connectivity index (χ4v) is 6.61. The van der Waals surface area contributed by atoms with Crippen molar-refractivity contribution in [2.45, 2.75) is 85.2 Å². The van der Waals surface area contributed by atoms with Crippen LogP contribution >= 0.6 is 0 Å². The van der Waals surface area contributed by atoms with Crippen molar-refractivity contribution < 1.29 is 28.6 Å². The number of carbonyl (C=O) groups excluding carboxylic acids is 3. The number of methoxy groups -OCH3 is 1. The summed E-state index contributed by atoms with van der Waals surface area (Å²) in [5, 5.41) is 0. The second-order valence-electron chi connectivity index (χ2n) is 14.2. The van der Waals surface area contributed by atoms with Crippen LogP contribution in [0.25, 0.3) is 5.65 Å². The smallest absolute Gasteiger partial charge is 0.410 e. The van der Waals surface area contributed by atoms with Gasteiger partial charge in [0.1, 0.15) is 16.9 Å². The number of amides is 2. The van der Waals surface area contributed by atoms with E-state index in [0.29, 0.717) is 70.5 Å². The van der Waals surface area contributed by atoms with E-state index >= 15 is 0 Å². The molecule has 0 saturated carbocycles. The summed E-state index contributed by atoms with van der Waals surface area (Å²) in [6.07, 6.45) is 6.87. The Balaban J connectivity index is 1.61. The Labute approximate surface area is 268 Å². The van der Waals surface area contributed by atoms with Crippen molar-refractivity contribution in [3.8, 4) is 0 Å². The zero-order valence-corrected chi connectivity index (χ0v) is 28.3. The molecule has 2 aliphatic rings. The average molecular weight is 627 g/mol. The highest BCUT2D eigenvalue weighted by atomic mass is 16.6. The van der Waals surface area contributed by atoms with E-state index in [-0.39, 0.29) is 29.4 Å². The number of unbranched alkanes of at least 4 members (excludes halogenated alkanes) is 1. The summed E-state index contributed by atoms with van der Waals surface area (Å²) in [6, 6.07) is 5.84. The van der Waals surface area contributed by atoms with Gasteiger partial charge in [-0.3, -0.25) is 9.59 Å². The van der Waals surface area contributed by atoms with Gasteiger partial charge in [0.05, 0.1) is 24.8 Å². The van der Waals surface area contributed by atoms with E-state index in [0.717, 1.165) is 43.4 Å². The molecule has 4 rings (SSSR count). The number of hydrogen-bond donors (Lipinski definition) is 0. The van der Waals surface area contributed by atoms with Crippen LogP contribution in [0.5, 0.6) is 0 Å². The third-order valence-corrected chi connectivity index (χ3v) is 8.94. The number of Topliss-reactive ketones (excluding diaryl/α,β-unsaturated/α-hetero) is 1. The van der Waals surface area contributed by atoms with E-state index in [4.69, 9.17) is 19.2 Å². The van der Waals surface area contributed by atoms with E-state index in [1.165, 1.54) is 0 Å². The number of ether oxygens (including phenoxy) is 3. The molecule has 10 heteroatoms. The molecule has 0 N–H and O–H groups in total. The van der Waals surface area contributed by atoms with Gasteiger partial charge >= 0.3 is 6.09 Å². The lowest BCUT2D eigenvalue weighted by Crippen LogP contribution is -2.53. The number of aryl methyl sites for hydroxylation is 1. The summed E-state index contributed by atoms with van der Waals surface area (Å²) < 4.78 is 18.6. The number of nitrogens with zero attached hydrogens (tertiary/aromatic N) is 4. The molecule has 0 aromatic carbocycles. The first-order valence-electron chi connectivity index (χ1n) is 16.8. The Kier molecular flexibility index (Phi) is 12.4. The number of aromatic nitrogens is 2. The number of ketones is 1. The number of rotatable bonds is 13. The van der Waals surface area contributed by atoms with Gasteiger partial charge in [0.2, 0.25) is 5.91 Å². The van der Waals surface area contributed by atoms with Gasteiger partial charge in [0, 0.05) is 52.5 Å². The molecule has 2 aliphatic heterocycles. The Hall–Kier alpha value is -2.98. The fourth-order valence-electron chi connectivity index (χ4n) is 6.61. The summed E-state index contributed by atoms with van der Waals surface area (Å²) in [4.78, 5) is 49.8. The lowest BCUT2D eigenvalue weighted by molar-refractivity contribution is -0.142. The van der Waals surface area contributed by atoms with Crippen LogP contribution in [0.3, 0.4) is 0 Å². The number of piperidine rings is 1. The average Bonchev–Trinajstić information content (AvgIpc) is 3.39. The summed E-state index contributed by atoms with van der Waals surface area (Å²) >= 11 is 0. The van der Waals surface area contributed by atoms with Crippen LogP contribution in [0.4, 0.5) is 4.79 Å². The Morgan fingerprint density at radius 2 is 1.80 bits per heavy atom. The van der Waals surface area contributed by atoms with E-state index in [9.17, 15) is 14.4 Å². The van der Waals surface area contributed by atoms with E-state index in [2.05, 4.69) is 13.8 Å².